The summed E-state index contributed by atoms with van der Waals surface area (Å²) in [6, 6.07) is 20.3. The number of halogens is 1. The van der Waals surface area contributed by atoms with Crippen LogP contribution in [0, 0.1) is 5.82 Å². The van der Waals surface area contributed by atoms with Crippen molar-refractivity contribution in [3.05, 3.63) is 102 Å². The Morgan fingerprint density at radius 1 is 0.974 bits per heavy atom. The number of H-pyrrole nitrogens is 1. The summed E-state index contributed by atoms with van der Waals surface area (Å²) in [6.07, 6.45) is 7.08. The zero-order chi connectivity index (χ0) is 27.2. The number of amides is 2. The van der Waals surface area contributed by atoms with Crippen molar-refractivity contribution in [3.63, 3.8) is 0 Å². The van der Waals surface area contributed by atoms with Crippen LogP contribution in [-0.2, 0) is 22.6 Å². The predicted octanol–water partition coefficient (Wildman–Crippen LogP) is 6.08. The van der Waals surface area contributed by atoms with E-state index in [2.05, 4.69) is 10.3 Å². The molecule has 0 saturated heterocycles. The Balaban J connectivity index is 1.54. The lowest BCUT2D eigenvalue weighted by molar-refractivity contribution is -0.141. The van der Waals surface area contributed by atoms with E-state index in [4.69, 9.17) is 4.74 Å². The fourth-order valence-corrected chi connectivity index (χ4v) is 5.53. The molecule has 1 unspecified atom stereocenters. The van der Waals surface area contributed by atoms with Crippen molar-refractivity contribution in [1.82, 2.24) is 15.2 Å². The smallest absolute Gasteiger partial charge is 0.247 e. The number of nitrogens with one attached hydrogen (secondary N) is 2. The number of aromatic nitrogens is 1. The first-order valence-electron chi connectivity index (χ1n) is 13.6. The number of fused-ring (bicyclic) bond motifs is 1. The number of nitrogens with zero attached hydrogens (tertiary/aromatic N) is 1. The van der Waals surface area contributed by atoms with Crippen LogP contribution in [0.2, 0.25) is 0 Å². The molecular weight excluding hydrogens is 493 g/mol. The summed E-state index contributed by atoms with van der Waals surface area (Å²) in [5.74, 6) is -0.228. The number of aromatic amines is 1. The molecule has 1 aliphatic carbocycles. The van der Waals surface area contributed by atoms with Crippen molar-refractivity contribution in [3.8, 4) is 5.75 Å². The number of rotatable bonds is 9. The number of ether oxygens (including phenoxy) is 1. The highest BCUT2D eigenvalue weighted by Crippen LogP contribution is 2.30. The molecule has 7 heteroatoms. The summed E-state index contributed by atoms with van der Waals surface area (Å²) in [5.41, 5.74) is 3.14. The summed E-state index contributed by atoms with van der Waals surface area (Å²) in [6.45, 7) is 0.158. The second-order valence-electron chi connectivity index (χ2n) is 10.2. The van der Waals surface area contributed by atoms with E-state index in [9.17, 15) is 14.0 Å². The van der Waals surface area contributed by atoms with Crippen molar-refractivity contribution in [1.29, 1.82) is 0 Å². The molecule has 202 valence electrons. The van der Waals surface area contributed by atoms with E-state index < -0.39 is 11.9 Å². The Hall–Kier alpha value is -4.13. The van der Waals surface area contributed by atoms with Gasteiger partial charge in [0.15, 0.2) is 0 Å². The first kappa shape index (κ1) is 26.5. The minimum Gasteiger partial charge on any atom is -0.496 e. The third-order valence-corrected chi connectivity index (χ3v) is 7.57. The molecule has 5 rings (SSSR count). The van der Waals surface area contributed by atoms with Gasteiger partial charge in [0, 0.05) is 28.7 Å². The Labute approximate surface area is 228 Å². The summed E-state index contributed by atoms with van der Waals surface area (Å²) < 4.78 is 19.5. The van der Waals surface area contributed by atoms with Crippen LogP contribution in [0.4, 0.5) is 4.39 Å². The van der Waals surface area contributed by atoms with E-state index in [1.54, 1.807) is 24.1 Å². The van der Waals surface area contributed by atoms with Crippen molar-refractivity contribution in [2.45, 2.75) is 57.2 Å². The molecule has 2 amide bonds. The Morgan fingerprint density at radius 2 is 1.69 bits per heavy atom. The average Bonchev–Trinajstić information content (AvgIpc) is 3.37. The highest BCUT2D eigenvalue weighted by atomic mass is 19.1. The third kappa shape index (κ3) is 6.14. The minimum absolute atomic E-state index is 0.0611. The number of methoxy groups -OCH3 is 1. The lowest BCUT2D eigenvalue weighted by Crippen LogP contribution is -2.47. The van der Waals surface area contributed by atoms with Crippen molar-refractivity contribution in [2.24, 2.45) is 0 Å². The number of para-hydroxylation sites is 2. The topological polar surface area (TPSA) is 74.4 Å². The monoisotopic (exact) mass is 527 g/mol. The fraction of sp³-hybridized carbons (Fsp3) is 0.312. The van der Waals surface area contributed by atoms with Gasteiger partial charge in [-0.15, -0.1) is 0 Å². The van der Waals surface area contributed by atoms with Crippen LogP contribution in [0.5, 0.6) is 5.75 Å². The van der Waals surface area contributed by atoms with E-state index >= 15 is 0 Å². The van der Waals surface area contributed by atoms with E-state index in [1.165, 1.54) is 12.1 Å². The van der Waals surface area contributed by atoms with Gasteiger partial charge in [0.1, 0.15) is 17.6 Å². The highest BCUT2D eigenvalue weighted by molar-refractivity contribution is 5.92. The van der Waals surface area contributed by atoms with Gasteiger partial charge in [-0.3, -0.25) is 9.59 Å². The van der Waals surface area contributed by atoms with Crippen LogP contribution < -0.4 is 10.1 Å². The molecule has 2 N–H and O–H groups in total. The van der Waals surface area contributed by atoms with Gasteiger partial charge in [-0.2, -0.15) is 0 Å². The van der Waals surface area contributed by atoms with Crippen LogP contribution in [0.1, 0.15) is 54.8 Å². The molecule has 39 heavy (non-hydrogen) atoms. The van der Waals surface area contributed by atoms with E-state index in [0.717, 1.165) is 54.1 Å². The molecule has 0 radical (unpaired) electrons. The molecule has 3 aromatic carbocycles. The van der Waals surface area contributed by atoms with E-state index in [1.807, 2.05) is 54.7 Å². The first-order chi connectivity index (χ1) is 19.0. The van der Waals surface area contributed by atoms with Gasteiger partial charge in [0.25, 0.3) is 0 Å². The quantitative estimate of drug-likeness (QED) is 0.277. The zero-order valence-electron chi connectivity index (χ0n) is 22.2. The number of carbonyl (C=O) groups excluding carboxylic acids is 2. The SMILES string of the molecule is COc1ccccc1CN(C(=O)Cc1c[nH]c2ccccc12)C(C(=O)NC1CCCCC1)c1ccc(F)cc1. The van der Waals surface area contributed by atoms with Gasteiger partial charge in [-0.1, -0.05) is 67.8 Å². The molecule has 0 aliphatic heterocycles. The van der Waals surface area contributed by atoms with Gasteiger partial charge < -0.3 is 19.9 Å². The second kappa shape index (κ2) is 12.2. The summed E-state index contributed by atoms with van der Waals surface area (Å²) in [7, 11) is 1.59. The standard InChI is InChI=1S/C32H34FN3O3/c1-39-29-14-8-5-9-23(29)21-36(30(37)19-24-20-34-28-13-7-6-12-27(24)28)31(22-15-17-25(33)18-16-22)32(38)35-26-10-3-2-4-11-26/h5-9,12-18,20,26,31,34H,2-4,10-11,19,21H2,1H3,(H,35,38). The molecular formula is C32H34FN3O3. The van der Waals surface area contributed by atoms with Crippen molar-refractivity contribution in [2.75, 3.05) is 7.11 Å². The molecule has 0 bridgehead atoms. The van der Waals surface area contributed by atoms with Crippen molar-refractivity contribution >= 4 is 22.7 Å². The lowest BCUT2D eigenvalue weighted by Gasteiger charge is -2.34. The highest BCUT2D eigenvalue weighted by Gasteiger charge is 2.34. The Bertz CT molecular complexity index is 1430. The number of benzene rings is 3. The summed E-state index contributed by atoms with van der Waals surface area (Å²) in [5, 5.41) is 4.17. The van der Waals surface area contributed by atoms with Gasteiger partial charge in [-0.25, -0.2) is 4.39 Å². The maximum absolute atomic E-state index is 14.2. The fourth-order valence-electron chi connectivity index (χ4n) is 5.53. The molecule has 1 heterocycles. The zero-order valence-corrected chi connectivity index (χ0v) is 22.2. The van der Waals surface area contributed by atoms with Gasteiger partial charge in [0.2, 0.25) is 11.8 Å². The Kier molecular flexibility index (Phi) is 8.25. The largest absolute Gasteiger partial charge is 0.496 e. The number of carbonyl (C=O) groups is 2. The van der Waals surface area contributed by atoms with Crippen LogP contribution in [0.25, 0.3) is 10.9 Å². The minimum atomic E-state index is -0.935. The summed E-state index contributed by atoms with van der Waals surface area (Å²) >= 11 is 0. The van der Waals surface area contributed by atoms with Crippen LogP contribution in [0.3, 0.4) is 0 Å². The van der Waals surface area contributed by atoms with E-state index in [-0.39, 0.29) is 30.8 Å². The number of hydrogen-bond donors (Lipinski definition) is 2. The first-order valence-corrected chi connectivity index (χ1v) is 13.6. The maximum atomic E-state index is 14.2. The second-order valence-corrected chi connectivity index (χ2v) is 10.2. The molecule has 1 atom stereocenters. The molecule has 1 aromatic heterocycles. The molecule has 4 aromatic rings. The lowest BCUT2D eigenvalue weighted by atomic mass is 9.94. The number of hydrogen-bond acceptors (Lipinski definition) is 3. The molecule has 1 saturated carbocycles. The molecule has 6 nitrogen and oxygen atoms in total. The molecule has 0 spiro atoms. The van der Waals surface area contributed by atoms with Gasteiger partial charge in [0.05, 0.1) is 20.1 Å². The van der Waals surface area contributed by atoms with Gasteiger partial charge >= 0.3 is 0 Å². The van der Waals surface area contributed by atoms with Crippen LogP contribution >= 0.6 is 0 Å². The van der Waals surface area contributed by atoms with E-state index in [0.29, 0.717) is 11.3 Å². The van der Waals surface area contributed by atoms with Crippen LogP contribution in [0.15, 0.2) is 79.0 Å². The van der Waals surface area contributed by atoms with Crippen molar-refractivity contribution < 1.29 is 18.7 Å². The predicted molar refractivity (Wildman–Crippen MR) is 150 cm³/mol. The normalized spacial score (nSPS) is 14.6. The average molecular weight is 528 g/mol. The molecule has 1 fully saturated rings. The summed E-state index contributed by atoms with van der Waals surface area (Å²) in [4.78, 5) is 33.0. The Morgan fingerprint density at radius 3 is 2.46 bits per heavy atom. The molecule has 1 aliphatic rings. The maximum Gasteiger partial charge on any atom is 0.247 e. The van der Waals surface area contributed by atoms with Gasteiger partial charge in [-0.05, 0) is 48.2 Å². The third-order valence-electron chi connectivity index (χ3n) is 7.57. The van der Waals surface area contributed by atoms with Crippen LogP contribution in [-0.4, -0.2) is 34.8 Å².